The summed E-state index contributed by atoms with van der Waals surface area (Å²) in [6, 6.07) is 3.17. The lowest BCUT2D eigenvalue weighted by atomic mass is 10.2. The van der Waals surface area contributed by atoms with E-state index in [1.54, 1.807) is 12.1 Å². The molecule has 0 aliphatic heterocycles. The smallest absolute Gasteiger partial charge is 0.158 e. The number of benzene rings is 1. The predicted octanol–water partition coefficient (Wildman–Crippen LogP) is 3.74. The van der Waals surface area contributed by atoms with Crippen molar-refractivity contribution >= 4 is 45.5 Å². The number of rotatable bonds is 6. The fourth-order valence-electron chi connectivity index (χ4n) is 2.36. The quantitative estimate of drug-likeness (QED) is 0.579. The van der Waals surface area contributed by atoms with Crippen LogP contribution in [-0.2, 0) is 10.8 Å². The Morgan fingerprint density at radius 1 is 0.964 bits per heavy atom. The molecule has 0 radical (unpaired) electrons. The SMILES string of the molecule is COc1cc(OC)c(Cl)c(Nc2nccnc2-c2cc(S(C)=O)ncn2)c1Cl. The van der Waals surface area contributed by atoms with Gasteiger partial charge in [-0.25, -0.2) is 19.9 Å². The number of aromatic nitrogens is 4. The van der Waals surface area contributed by atoms with Crippen LogP contribution in [-0.4, -0.2) is 44.6 Å². The standard InChI is InChI=1S/C17H15Cl2N5O3S/c1-26-10-7-11(27-2)14(19)16(13(10)18)24-17-15(20-4-5-21-17)9-6-12(28(3)25)23-8-22-9/h4-8H,1-3H3,(H,21,24). The Kier molecular flexibility index (Phi) is 6.28. The van der Waals surface area contributed by atoms with Crippen LogP contribution >= 0.6 is 23.2 Å². The van der Waals surface area contributed by atoms with Crippen molar-refractivity contribution in [1.29, 1.82) is 0 Å². The van der Waals surface area contributed by atoms with Crippen molar-refractivity contribution in [3.63, 3.8) is 0 Å². The summed E-state index contributed by atoms with van der Waals surface area (Å²) in [5, 5.41) is 3.95. The van der Waals surface area contributed by atoms with Crippen molar-refractivity contribution in [2.75, 3.05) is 25.8 Å². The fraction of sp³-hybridized carbons (Fsp3) is 0.176. The lowest BCUT2D eigenvalue weighted by Gasteiger charge is -2.16. The van der Waals surface area contributed by atoms with Crippen molar-refractivity contribution in [3.8, 4) is 22.9 Å². The molecule has 1 N–H and O–H groups in total. The zero-order valence-electron chi connectivity index (χ0n) is 15.1. The molecule has 0 bridgehead atoms. The lowest BCUT2D eigenvalue weighted by Crippen LogP contribution is -2.03. The highest BCUT2D eigenvalue weighted by molar-refractivity contribution is 7.84. The minimum atomic E-state index is -1.27. The molecule has 0 amide bonds. The number of anilines is 2. The molecule has 1 atom stereocenters. The van der Waals surface area contributed by atoms with Crippen molar-refractivity contribution in [3.05, 3.63) is 40.9 Å². The van der Waals surface area contributed by atoms with E-state index in [9.17, 15) is 4.21 Å². The third-order valence-corrected chi connectivity index (χ3v) is 5.26. The van der Waals surface area contributed by atoms with Gasteiger partial charge in [-0.1, -0.05) is 23.2 Å². The molecule has 0 saturated heterocycles. The van der Waals surface area contributed by atoms with Crippen LogP contribution in [0.2, 0.25) is 10.0 Å². The zero-order valence-corrected chi connectivity index (χ0v) is 17.4. The monoisotopic (exact) mass is 439 g/mol. The maximum Gasteiger partial charge on any atom is 0.158 e. The van der Waals surface area contributed by atoms with E-state index < -0.39 is 10.8 Å². The summed E-state index contributed by atoms with van der Waals surface area (Å²) in [5.41, 5.74) is 1.19. The van der Waals surface area contributed by atoms with Gasteiger partial charge in [0.1, 0.15) is 38.6 Å². The first-order valence-corrected chi connectivity index (χ1v) is 10.1. The fourth-order valence-corrected chi connectivity index (χ4v) is 3.43. The van der Waals surface area contributed by atoms with E-state index in [0.717, 1.165) is 0 Å². The van der Waals surface area contributed by atoms with E-state index in [-0.39, 0.29) is 10.0 Å². The van der Waals surface area contributed by atoms with Gasteiger partial charge in [-0.15, -0.1) is 0 Å². The summed E-state index contributed by atoms with van der Waals surface area (Å²) in [7, 11) is 1.70. The topological polar surface area (TPSA) is 99.1 Å². The Labute approximate surface area is 173 Å². The summed E-state index contributed by atoms with van der Waals surface area (Å²) in [6.07, 6.45) is 5.87. The van der Waals surface area contributed by atoms with Gasteiger partial charge >= 0.3 is 0 Å². The summed E-state index contributed by atoms with van der Waals surface area (Å²) in [6.45, 7) is 0. The third kappa shape index (κ3) is 4.01. The second-order valence-electron chi connectivity index (χ2n) is 5.36. The number of hydrogen-bond acceptors (Lipinski definition) is 8. The molecule has 1 unspecified atom stereocenters. The highest BCUT2D eigenvalue weighted by Gasteiger charge is 2.20. The van der Waals surface area contributed by atoms with Gasteiger partial charge in [0.2, 0.25) is 0 Å². The Hall–Kier alpha value is -2.49. The van der Waals surface area contributed by atoms with Crippen LogP contribution in [0.3, 0.4) is 0 Å². The first-order valence-electron chi connectivity index (χ1n) is 7.80. The number of hydrogen-bond donors (Lipinski definition) is 1. The largest absolute Gasteiger partial charge is 0.495 e. The Morgan fingerprint density at radius 3 is 2.21 bits per heavy atom. The van der Waals surface area contributed by atoms with E-state index in [1.165, 1.54) is 39.2 Å². The van der Waals surface area contributed by atoms with Crippen molar-refractivity contribution in [2.45, 2.75) is 5.03 Å². The molecule has 0 saturated carbocycles. The maximum absolute atomic E-state index is 11.7. The molecular weight excluding hydrogens is 425 g/mol. The second kappa shape index (κ2) is 8.68. The number of methoxy groups -OCH3 is 2. The Balaban J connectivity index is 2.11. The Bertz CT molecular complexity index is 1020. The van der Waals surface area contributed by atoms with E-state index in [0.29, 0.717) is 39.4 Å². The van der Waals surface area contributed by atoms with Gasteiger partial charge in [0.25, 0.3) is 0 Å². The molecule has 2 heterocycles. The molecular formula is C17H15Cl2N5O3S. The molecule has 3 aromatic rings. The summed E-state index contributed by atoms with van der Waals surface area (Å²) in [4.78, 5) is 16.8. The average Bonchev–Trinajstić information content (AvgIpc) is 2.71. The van der Waals surface area contributed by atoms with E-state index in [2.05, 4.69) is 25.3 Å². The van der Waals surface area contributed by atoms with Crippen LogP contribution in [0, 0.1) is 0 Å². The van der Waals surface area contributed by atoms with Crippen molar-refractivity contribution in [1.82, 2.24) is 19.9 Å². The predicted molar refractivity (Wildman–Crippen MR) is 108 cm³/mol. The van der Waals surface area contributed by atoms with Crippen molar-refractivity contribution in [2.24, 2.45) is 0 Å². The summed E-state index contributed by atoms with van der Waals surface area (Å²) >= 11 is 12.8. The molecule has 1 aromatic carbocycles. The van der Waals surface area contributed by atoms with E-state index in [4.69, 9.17) is 32.7 Å². The molecule has 146 valence electrons. The second-order valence-corrected chi connectivity index (χ2v) is 7.44. The highest BCUT2D eigenvalue weighted by Crippen LogP contribution is 2.45. The lowest BCUT2D eigenvalue weighted by molar-refractivity contribution is 0.395. The van der Waals surface area contributed by atoms with Crippen LogP contribution in [0.5, 0.6) is 11.5 Å². The van der Waals surface area contributed by atoms with Gasteiger partial charge in [-0.3, -0.25) is 4.21 Å². The maximum atomic E-state index is 11.7. The Morgan fingerprint density at radius 2 is 1.61 bits per heavy atom. The molecule has 0 fully saturated rings. The molecule has 0 spiro atoms. The van der Waals surface area contributed by atoms with Crippen LogP contribution in [0.4, 0.5) is 11.5 Å². The molecule has 28 heavy (non-hydrogen) atoms. The third-order valence-electron chi connectivity index (χ3n) is 3.69. The normalized spacial score (nSPS) is 11.8. The molecule has 3 rings (SSSR count). The zero-order chi connectivity index (χ0) is 20.3. The van der Waals surface area contributed by atoms with Gasteiger partial charge in [-0.2, -0.15) is 0 Å². The van der Waals surface area contributed by atoms with Crippen LogP contribution in [0.15, 0.2) is 35.9 Å². The van der Waals surface area contributed by atoms with Gasteiger partial charge in [0.15, 0.2) is 5.82 Å². The minimum absolute atomic E-state index is 0.253. The van der Waals surface area contributed by atoms with E-state index >= 15 is 0 Å². The van der Waals surface area contributed by atoms with Gasteiger partial charge in [0.05, 0.1) is 36.4 Å². The molecule has 8 nitrogen and oxygen atoms in total. The summed E-state index contributed by atoms with van der Waals surface area (Å²) in [5.74, 6) is 1.09. The summed E-state index contributed by atoms with van der Waals surface area (Å²) < 4.78 is 22.3. The van der Waals surface area contributed by atoms with Crippen LogP contribution in [0.25, 0.3) is 11.4 Å². The molecule has 0 aliphatic carbocycles. The van der Waals surface area contributed by atoms with Crippen molar-refractivity contribution < 1.29 is 13.7 Å². The van der Waals surface area contributed by atoms with Crippen LogP contribution in [0.1, 0.15) is 0 Å². The van der Waals surface area contributed by atoms with E-state index in [1.807, 2.05) is 0 Å². The minimum Gasteiger partial charge on any atom is -0.495 e. The first kappa shape index (κ1) is 20.2. The van der Waals surface area contributed by atoms with Gasteiger partial charge < -0.3 is 14.8 Å². The van der Waals surface area contributed by atoms with Gasteiger partial charge in [-0.05, 0) is 0 Å². The molecule has 11 heteroatoms. The first-order chi connectivity index (χ1) is 13.5. The highest BCUT2D eigenvalue weighted by atomic mass is 35.5. The van der Waals surface area contributed by atoms with Crippen LogP contribution < -0.4 is 14.8 Å². The number of ether oxygens (including phenoxy) is 2. The molecule has 0 aliphatic rings. The number of nitrogens with one attached hydrogen (secondary N) is 1. The average molecular weight is 440 g/mol. The number of halogens is 2. The molecule has 2 aromatic heterocycles. The number of nitrogens with zero attached hydrogens (tertiary/aromatic N) is 4. The van der Waals surface area contributed by atoms with Gasteiger partial charge in [0, 0.05) is 30.8 Å².